The zero-order valence-electron chi connectivity index (χ0n) is 13.9. The van der Waals surface area contributed by atoms with E-state index in [0.29, 0.717) is 0 Å². The zero-order chi connectivity index (χ0) is 18.4. The van der Waals surface area contributed by atoms with E-state index in [9.17, 15) is 14.4 Å². The number of benzene rings is 2. The van der Waals surface area contributed by atoms with Crippen LogP contribution >= 0.6 is 0 Å². The van der Waals surface area contributed by atoms with Gasteiger partial charge < -0.3 is 9.47 Å². The molecule has 0 radical (unpaired) electrons. The van der Waals surface area contributed by atoms with Crippen LogP contribution in [0.3, 0.4) is 0 Å². The normalized spacial score (nSPS) is 13.7. The molecule has 0 spiro atoms. The third-order valence-corrected chi connectivity index (χ3v) is 3.71. The second-order valence-corrected chi connectivity index (χ2v) is 5.64. The van der Waals surface area contributed by atoms with E-state index in [1.807, 2.05) is 60.7 Å². The number of carbonyl (C=O) groups excluding carboxylic acids is 3. The molecule has 2 aromatic rings. The molecule has 0 saturated carbocycles. The highest BCUT2D eigenvalue weighted by molar-refractivity contribution is 6.48. The lowest BCUT2D eigenvalue weighted by Crippen LogP contribution is -2.22. The first-order valence-electron chi connectivity index (χ1n) is 8.03. The van der Waals surface area contributed by atoms with Crippen LogP contribution in [0.5, 0.6) is 0 Å². The molecule has 0 unspecified atom stereocenters. The molecule has 0 atom stereocenters. The van der Waals surface area contributed by atoms with Gasteiger partial charge in [0, 0.05) is 6.08 Å². The van der Waals surface area contributed by atoms with E-state index in [-0.39, 0.29) is 24.5 Å². The molecule has 0 heterocycles. The fourth-order valence-electron chi connectivity index (χ4n) is 2.34. The summed E-state index contributed by atoms with van der Waals surface area (Å²) in [4.78, 5) is 36.0. The monoisotopic (exact) mass is 348 g/mol. The SMILES string of the molecule is O=C1C=C(C(=O)OCc2ccccc2)C=C(OCc2ccccc2)C1=O. The Hall–Kier alpha value is -3.47. The van der Waals surface area contributed by atoms with Gasteiger partial charge in [0.25, 0.3) is 5.78 Å². The molecule has 2 aromatic carbocycles. The standard InChI is InChI=1S/C21H16O5/c22-18-11-17(21(24)26-14-16-9-5-2-6-10-16)12-19(20(18)23)25-13-15-7-3-1-4-8-15/h1-12H,13-14H2. The Labute approximate surface area is 150 Å². The van der Waals surface area contributed by atoms with Crippen LogP contribution in [0.2, 0.25) is 0 Å². The molecular formula is C21H16O5. The van der Waals surface area contributed by atoms with E-state index in [1.54, 1.807) is 0 Å². The maximum Gasteiger partial charge on any atom is 0.338 e. The van der Waals surface area contributed by atoms with E-state index in [1.165, 1.54) is 6.08 Å². The van der Waals surface area contributed by atoms with Gasteiger partial charge in [0.05, 0.1) is 5.57 Å². The fraction of sp³-hybridized carbons (Fsp3) is 0.0952. The number of ether oxygens (including phenoxy) is 2. The van der Waals surface area contributed by atoms with Gasteiger partial charge in [-0.3, -0.25) is 9.59 Å². The van der Waals surface area contributed by atoms with Crippen molar-refractivity contribution in [3.63, 3.8) is 0 Å². The largest absolute Gasteiger partial charge is 0.485 e. The van der Waals surface area contributed by atoms with Crippen molar-refractivity contribution < 1.29 is 23.9 Å². The van der Waals surface area contributed by atoms with Crippen molar-refractivity contribution in [2.45, 2.75) is 13.2 Å². The van der Waals surface area contributed by atoms with Crippen LogP contribution in [-0.2, 0) is 37.1 Å². The van der Waals surface area contributed by atoms with Crippen LogP contribution in [-0.4, -0.2) is 17.5 Å². The van der Waals surface area contributed by atoms with Crippen LogP contribution in [0.25, 0.3) is 0 Å². The summed E-state index contributed by atoms with van der Waals surface area (Å²) in [5.74, 6) is -2.42. The second-order valence-electron chi connectivity index (χ2n) is 5.64. The van der Waals surface area contributed by atoms with Gasteiger partial charge in [0.2, 0.25) is 5.78 Å². The first kappa shape index (κ1) is 17.4. The highest BCUT2D eigenvalue weighted by atomic mass is 16.5. The number of rotatable bonds is 6. The van der Waals surface area contributed by atoms with Crippen LogP contribution < -0.4 is 0 Å². The number of Topliss-reactive ketones (excluding diaryl/α,β-unsaturated/α-hetero) is 1. The summed E-state index contributed by atoms with van der Waals surface area (Å²) in [6, 6.07) is 18.4. The Kier molecular flexibility index (Phi) is 5.39. The zero-order valence-corrected chi connectivity index (χ0v) is 13.9. The number of esters is 1. The van der Waals surface area contributed by atoms with Crippen molar-refractivity contribution in [2.75, 3.05) is 0 Å². The van der Waals surface area contributed by atoms with Crippen molar-refractivity contribution in [1.29, 1.82) is 0 Å². The van der Waals surface area contributed by atoms with Gasteiger partial charge in [-0.1, -0.05) is 60.7 Å². The molecule has 5 nitrogen and oxygen atoms in total. The topological polar surface area (TPSA) is 69.7 Å². The summed E-state index contributed by atoms with van der Waals surface area (Å²) >= 11 is 0. The van der Waals surface area contributed by atoms with E-state index in [0.717, 1.165) is 17.2 Å². The molecule has 3 rings (SSSR count). The van der Waals surface area contributed by atoms with Gasteiger partial charge in [-0.15, -0.1) is 0 Å². The molecule has 1 aliphatic carbocycles. The van der Waals surface area contributed by atoms with Crippen molar-refractivity contribution in [1.82, 2.24) is 0 Å². The van der Waals surface area contributed by atoms with Crippen LogP contribution in [0.4, 0.5) is 0 Å². The molecule has 130 valence electrons. The molecule has 0 aromatic heterocycles. The minimum atomic E-state index is -0.803. The van der Waals surface area contributed by atoms with Gasteiger partial charge >= 0.3 is 5.97 Å². The van der Waals surface area contributed by atoms with E-state index >= 15 is 0 Å². The first-order chi connectivity index (χ1) is 12.6. The number of hydrogen-bond donors (Lipinski definition) is 0. The van der Waals surface area contributed by atoms with Gasteiger partial charge in [0.15, 0.2) is 5.76 Å². The molecule has 26 heavy (non-hydrogen) atoms. The predicted octanol–water partition coefficient (Wildman–Crippen LogP) is 2.91. The third kappa shape index (κ3) is 4.33. The molecular weight excluding hydrogens is 332 g/mol. The van der Waals surface area contributed by atoms with Crippen molar-refractivity contribution >= 4 is 17.5 Å². The first-order valence-corrected chi connectivity index (χ1v) is 8.03. The molecule has 0 N–H and O–H groups in total. The second kappa shape index (κ2) is 8.07. The molecule has 0 fully saturated rings. The molecule has 0 saturated heterocycles. The van der Waals surface area contributed by atoms with Crippen molar-refractivity contribution in [3.8, 4) is 0 Å². The minimum absolute atomic E-state index is 0.00593. The van der Waals surface area contributed by atoms with Gasteiger partial charge in [-0.2, -0.15) is 0 Å². The maximum absolute atomic E-state index is 12.2. The lowest BCUT2D eigenvalue weighted by molar-refractivity contribution is -0.140. The smallest absolute Gasteiger partial charge is 0.338 e. The third-order valence-electron chi connectivity index (χ3n) is 3.71. The number of carbonyl (C=O) groups is 3. The summed E-state index contributed by atoms with van der Waals surface area (Å²) < 4.78 is 10.6. The summed E-state index contributed by atoms with van der Waals surface area (Å²) in [5, 5.41) is 0. The average Bonchev–Trinajstić information content (AvgIpc) is 2.68. The fourth-order valence-corrected chi connectivity index (χ4v) is 2.34. The van der Waals surface area contributed by atoms with Crippen molar-refractivity contribution in [2.24, 2.45) is 0 Å². The van der Waals surface area contributed by atoms with Crippen molar-refractivity contribution in [3.05, 3.63) is 95.3 Å². The lowest BCUT2D eigenvalue weighted by Gasteiger charge is -2.13. The van der Waals surface area contributed by atoms with E-state index < -0.39 is 17.5 Å². The van der Waals surface area contributed by atoms with Gasteiger partial charge in [-0.05, 0) is 17.2 Å². The molecule has 5 heteroatoms. The number of ketones is 2. The van der Waals surface area contributed by atoms with Gasteiger partial charge in [0.1, 0.15) is 13.2 Å². The number of allylic oxidation sites excluding steroid dienone is 2. The minimum Gasteiger partial charge on any atom is -0.485 e. The summed E-state index contributed by atoms with van der Waals surface area (Å²) in [5.41, 5.74) is 1.66. The molecule has 1 aliphatic rings. The quantitative estimate of drug-likeness (QED) is 0.456. The summed E-state index contributed by atoms with van der Waals surface area (Å²) in [6.07, 6.45) is 2.23. The Balaban J connectivity index is 1.67. The highest BCUT2D eigenvalue weighted by Crippen LogP contribution is 2.17. The van der Waals surface area contributed by atoms with E-state index in [4.69, 9.17) is 9.47 Å². The molecule has 0 bridgehead atoms. The Bertz CT molecular complexity index is 879. The predicted molar refractivity (Wildman–Crippen MR) is 93.6 cm³/mol. The summed E-state index contributed by atoms with van der Waals surface area (Å²) in [6.45, 7) is 0.200. The number of hydrogen-bond acceptors (Lipinski definition) is 5. The van der Waals surface area contributed by atoms with Gasteiger partial charge in [-0.25, -0.2) is 4.79 Å². The molecule has 0 aliphatic heterocycles. The van der Waals surface area contributed by atoms with Crippen LogP contribution in [0.15, 0.2) is 84.1 Å². The van der Waals surface area contributed by atoms with Crippen LogP contribution in [0, 0.1) is 0 Å². The summed E-state index contributed by atoms with van der Waals surface area (Å²) in [7, 11) is 0. The maximum atomic E-state index is 12.2. The van der Waals surface area contributed by atoms with Crippen LogP contribution in [0.1, 0.15) is 11.1 Å². The Morgan fingerprint density at radius 2 is 1.35 bits per heavy atom. The average molecular weight is 348 g/mol. The Morgan fingerprint density at radius 3 is 1.96 bits per heavy atom. The van der Waals surface area contributed by atoms with E-state index in [2.05, 4.69) is 0 Å². The highest BCUT2D eigenvalue weighted by Gasteiger charge is 2.27. The molecule has 0 amide bonds. The Morgan fingerprint density at radius 1 is 0.769 bits per heavy atom. The lowest BCUT2D eigenvalue weighted by atomic mass is 10.0.